The molecule has 0 aliphatic heterocycles. The third kappa shape index (κ3) is 5.59. The molecule has 4 atom stereocenters. The molecule has 0 radical (unpaired) electrons. The summed E-state index contributed by atoms with van der Waals surface area (Å²) in [6.45, 7) is 1.76. The van der Waals surface area contributed by atoms with Crippen LogP contribution in [0.2, 0.25) is 0 Å². The highest BCUT2D eigenvalue weighted by Crippen LogP contribution is 2.49. The smallest absolute Gasteiger partial charge is 0.340 e. The lowest BCUT2D eigenvalue weighted by Gasteiger charge is -2.28. The van der Waals surface area contributed by atoms with Gasteiger partial charge in [0.15, 0.2) is 6.61 Å². The fraction of sp³-hybridized carbons (Fsp3) is 0.462. The van der Waals surface area contributed by atoms with Crippen LogP contribution in [0.25, 0.3) is 0 Å². The van der Waals surface area contributed by atoms with Crippen LogP contribution in [0.15, 0.2) is 58.8 Å². The zero-order valence-electron chi connectivity index (χ0n) is 19.5. The summed E-state index contributed by atoms with van der Waals surface area (Å²) in [6, 6.07) is 14.6. The molecule has 2 fully saturated rings. The average molecular weight is 449 g/mol. The molecule has 0 saturated heterocycles. The molecule has 33 heavy (non-hydrogen) atoms. The number of fused-ring (bicyclic) bond motifs is 2. The molecule has 1 amide bonds. The standard InChI is InChI=1S/C26H32N4O3/c1-17(23-15-18-8-9-19(23)14-18)27-25(31)16-33-26(32)22-6-4-5-7-24(22)29-28-20-10-12-21(13-11-20)30(2)3/h4-7,10-13,17-19,23H,8-9,14-16H2,1-3H3,(H,27,31). The number of nitrogens with zero attached hydrogens (tertiary/aromatic N) is 3. The van der Waals surface area contributed by atoms with Crippen LogP contribution in [0, 0.1) is 17.8 Å². The largest absolute Gasteiger partial charge is 0.452 e. The van der Waals surface area contributed by atoms with Crippen LogP contribution in [0.3, 0.4) is 0 Å². The number of hydrogen-bond acceptors (Lipinski definition) is 6. The maximum absolute atomic E-state index is 12.6. The number of carbonyl (C=O) groups is 2. The van der Waals surface area contributed by atoms with Gasteiger partial charge in [0.1, 0.15) is 5.69 Å². The molecule has 174 valence electrons. The maximum atomic E-state index is 12.6. The summed E-state index contributed by atoms with van der Waals surface area (Å²) in [5.41, 5.74) is 2.42. The van der Waals surface area contributed by atoms with Gasteiger partial charge in [-0.05, 0) is 80.3 Å². The van der Waals surface area contributed by atoms with Gasteiger partial charge in [0.05, 0.1) is 11.3 Å². The van der Waals surface area contributed by atoms with Crippen LogP contribution in [-0.2, 0) is 9.53 Å². The van der Waals surface area contributed by atoms with Crippen LogP contribution >= 0.6 is 0 Å². The lowest BCUT2D eigenvalue weighted by atomic mass is 9.84. The Morgan fingerprint density at radius 3 is 2.48 bits per heavy atom. The van der Waals surface area contributed by atoms with E-state index in [0.717, 1.165) is 17.5 Å². The van der Waals surface area contributed by atoms with Crippen LogP contribution < -0.4 is 10.2 Å². The highest BCUT2D eigenvalue weighted by atomic mass is 16.5. The van der Waals surface area contributed by atoms with Crippen molar-refractivity contribution in [3.05, 3.63) is 54.1 Å². The second-order valence-electron chi connectivity index (χ2n) is 9.40. The van der Waals surface area contributed by atoms with Gasteiger partial charge in [-0.1, -0.05) is 18.6 Å². The number of hydrogen-bond donors (Lipinski definition) is 1. The van der Waals surface area contributed by atoms with E-state index in [4.69, 9.17) is 4.74 Å². The average Bonchev–Trinajstić information content (AvgIpc) is 3.45. The first-order valence-corrected chi connectivity index (χ1v) is 11.7. The van der Waals surface area contributed by atoms with Gasteiger partial charge in [0.2, 0.25) is 0 Å². The first kappa shape index (κ1) is 23.0. The van der Waals surface area contributed by atoms with Crippen molar-refractivity contribution in [3.8, 4) is 0 Å². The first-order valence-electron chi connectivity index (χ1n) is 11.7. The molecule has 7 nitrogen and oxygen atoms in total. The van der Waals surface area contributed by atoms with Crippen molar-refractivity contribution in [3.63, 3.8) is 0 Å². The third-order valence-corrected chi connectivity index (χ3v) is 6.92. The van der Waals surface area contributed by atoms with E-state index in [1.807, 2.05) is 43.3 Å². The molecule has 2 aromatic rings. The molecule has 0 heterocycles. The van der Waals surface area contributed by atoms with Crippen LogP contribution in [0.4, 0.5) is 17.1 Å². The van der Waals surface area contributed by atoms with Gasteiger partial charge in [0, 0.05) is 25.8 Å². The summed E-state index contributed by atoms with van der Waals surface area (Å²) in [5, 5.41) is 11.5. The summed E-state index contributed by atoms with van der Waals surface area (Å²) in [5.74, 6) is 1.24. The number of ether oxygens (including phenoxy) is 1. The van der Waals surface area contributed by atoms with Crippen molar-refractivity contribution < 1.29 is 14.3 Å². The monoisotopic (exact) mass is 448 g/mol. The first-order chi connectivity index (χ1) is 15.9. The number of azo groups is 1. The fourth-order valence-electron chi connectivity index (χ4n) is 5.18. The van der Waals surface area contributed by atoms with Gasteiger partial charge in [-0.3, -0.25) is 4.79 Å². The predicted molar refractivity (Wildman–Crippen MR) is 128 cm³/mol. The zero-order valence-corrected chi connectivity index (χ0v) is 19.5. The summed E-state index contributed by atoms with van der Waals surface area (Å²) >= 11 is 0. The third-order valence-electron chi connectivity index (χ3n) is 6.92. The minimum atomic E-state index is -0.588. The van der Waals surface area contributed by atoms with Crippen LogP contribution in [0.1, 0.15) is 43.0 Å². The van der Waals surface area contributed by atoms with E-state index in [1.54, 1.807) is 24.3 Å². The number of amides is 1. The molecule has 2 bridgehead atoms. The number of carbonyl (C=O) groups excluding carboxylic acids is 2. The second kappa shape index (κ2) is 10.1. The molecule has 7 heteroatoms. The molecule has 0 aromatic heterocycles. The van der Waals surface area contributed by atoms with Crippen molar-refractivity contribution >= 4 is 28.9 Å². The Morgan fingerprint density at radius 2 is 1.82 bits per heavy atom. The van der Waals surface area contributed by atoms with E-state index in [1.165, 1.54) is 25.7 Å². The summed E-state index contributed by atoms with van der Waals surface area (Å²) in [4.78, 5) is 27.0. The van der Waals surface area contributed by atoms with E-state index < -0.39 is 5.97 Å². The SMILES string of the molecule is CC(NC(=O)COC(=O)c1ccccc1N=Nc1ccc(N(C)C)cc1)C1CC2CCC1C2. The van der Waals surface area contributed by atoms with E-state index >= 15 is 0 Å². The number of anilines is 1. The van der Waals surface area contributed by atoms with Gasteiger partial charge < -0.3 is 15.0 Å². The minimum Gasteiger partial charge on any atom is -0.452 e. The highest BCUT2D eigenvalue weighted by Gasteiger charge is 2.42. The molecule has 4 unspecified atom stereocenters. The number of esters is 1. The van der Waals surface area contributed by atoms with Gasteiger partial charge in [-0.25, -0.2) is 4.79 Å². The molecule has 2 aliphatic carbocycles. The number of rotatable bonds is 8. The highest BCUT2D eigenvalue weighted by molar-refractivity contribution is 5.96. The lowest BCUT2D eigenvalue weighted by Crippen LogP contribution is -2.42. The van der Waals surface area contributed by atoms with Crippen molar-refractivity contribution in [2.75, 3.05) is 25.6 Å². The number of benzene rings is 2. The van der Waals surface area contributed by atoms with E-state index in [-0.39, 0.29) is 24.1 Å². The Labute approximate surface area is 195 Å². The topological polar surface area (TPSA) is 83.4 Å². The fourth-order valence-corrected chi connectivity index (χ4v) is 5.18. The Bertz CT molecular complexity index is 1020. The second-order valence-corrected chi connectivity index (χ2v) is 9.40. The van der Waals surface area contributed by atoms with Crippen molar-refractivity contribution in [1.82, 2.24) is 5.32 Å². The summed E-state index contributed by atoms with van der Waals surface area (Å²) < 4.78 is 5.29. The van der Waals surface area contributed by atoms with E-state index in [2.05, 4.69) is 22.5 Å². The van der Waals surface area contributed by atoms with E-state index in [9.17, 15) is 9.59 Å². The molecule has 2 aliphatic rings. The van der Waals surface area contributed by atoms with Crippen LogP contribution in [0.5, 0.6) is 0 Å². The summed E-state index contributed by atoms with van der Waals surface area (Å²) in [6.07, 6.45) is 5.10. The van der Waals surface area contributed by atoms with Crippen molar-refractivity contribution in [2.45, 2.75) is 38.6 Å². The normalized spacial score (nSPS) is 22.3. The summed E-state index contributed by atoms with van der Waals surface area (Å²) in [7, 11) is 3.94. The van der Waals surface area contributed by atoms with E-state index in [0.29, 0.717) is 17.3 Å². The van der Waals surface area contributed by atoms with Gasteiger partial charge in [-0.15, -0.1) is 5.11 Å². The molecule has 1 N–H and O–H groups in total. The molecule has 0 spiro atoms. The van der Waals surface area contributed by atoms with Crippen LogP contribution in [-0.4, -0.2) is 38.6 Å². The quantitative estimate of drug-likeness (QED) is 0.441. The molecular formula is C26H32N4O3. The van der Waals surface area contributed by atoms with Gasteiger partial charge >= 0.3 is 5.97 Å². The van der Waals surface area contributed by atoms with Gasteiger partial charge in [-0.2, -0.15) is 5.11 Å². The Kier molecular flexibility index (Phi) is 7.06. The molecule has 2 aromatic carbocycles. The minimum absolute atomic E-state index is 0.103. The van der Waals surface area contributed by atoms with Crippen molar-refractivity contribution in [2.24, 2.45) is 28.0 Å². The zero-order chi connectivity index (χ0) is 23.4. The maximum Gasteiger partial charge on any atom is 0.340 e. The molecule has 2 saturated carbocycles. The van der Waals surface area contributed by atoms with Gasteiger partial charge in [0.25, 0.3) is 5.91 Å². The number of nitrogens with one attached hydrogen (secondary N) is 1. The molecular weight excluding hydrogens is 416 g/mol. The lowest BCUT2D eigenvalue weighted by molar-refractivity contribution is -0.125. The predicted octanol–water partition coefficient (Wildman–Crippen LogP) is 5.27. The Hall–Kier alpha value is -3.22. The Morgan fingerprint density at radius 1 is 1.06 bits per heavy atom. The molecule has 4 rings (SSSR count). The van der Waals surface area contributed by atoms with Crippen molar-refractivity contribution in [1.29, 1.82) is 0 Å². The Balaban J connectivity index is 1.32.